The van der Waals surface area contributed by atoms with E-state index in [1.807, 2.05) is 7.05 Å². The van der Waals surface area contributed by atoms with Crippen molar-refractivity contribution >= 4 is 0 Å². The summed E-state index contributed by atoms with van der Waals surface area (Å²) in [4.78, 5) is 0. The maximum absolute atomic E-state index is 6.41. The highest BCUT2D eigenvalue weighted by Crippen LogP contribution is 2.48. The standard InChI is InChI=1S/C19H21NO/c1-20-12-15-11-18-16-8-4-2-6-13(16)10-14-7-3-5-9-17(14)19(18)21-15/h2-9,15,18-20H,10-12H2,1H3/t15-,18+,19+/m0/s1. The molecule has 0 aromatic heterocycles. The van der Waals surface area contributed by atoms with Crippen molar-refractivity contribution in [2.45, 2.75) is 31.0 Å². The molecule has 3 atom stereocenters. The van der Waals surface area contributed by atoms with E-state index in [0.29, 0.717) is 12.0 Å². The highest BCUT2D eigenvalue weighted by molar-refractivity contribution is 5.45. The third kappa shape index (κ3) is 2.19. The van der Waals surface area contributed by atoms with Gasteiger partial charge in [0.2, 0.25) is 0 Å². The first-order valence-electron chi connectivity index (χ1n) is 7.82. The maximum atomic E-state index is 6.41. The Morgan fingerprint density at radius 1 is 1.00 bits per heavy atom. The van der Waals surface area contributed by atoms with Gasteiger partial charge in [0.25, 0.3) is 0 Å². The lowest BCUT2D eigenvalue weighted by molar-refractivity contribution is 0.0419. The second-order valence-electron chi connectivity index (χ2n) is 6.15. The zero-order valence-corrected chi connectivity index (χ0v) is 12.4. The molecule has 1 fully saturated rings. The van der Waals surface area contributed by atoms with Crippen LogP contribution in [0.5, 0.6) is 0 Å². The Labute approximate surface area is 126 Å². The Hall–Kier alpha value is -1.64. The molecule has 21 heavy (non-hydrogen) atoms. The van der Waals surface area contributed by atoms with E-state index < -0.39 is 0 Å². The molecule has 2 nitrogen and oxygen atoms in total. The smallest absolute Gasteiger partial charge is 0.0901 e. The molecule has 108 valence electrons. The van der Waals surface area contributed by atoms with Gasteiger partial charge >= 0.3 is 0 Å². The van der Waals surface area contributed by atoms with Gasteiger partial charge in [0, 0.05) is 12.5 Å². The maximum Gasteiger partial charge on any atom is 0.0901 e. The summed E-state index contributed by atoms with van der Waals surface area (Å²) in [6, 6.07) is 17.7. The van der Waals surface area contributed by atoms with Crippen LogP contribution in [-0.4, -0.2) is 19.7 Å². The molecule has 1 N–H and O–H groups in total. The number of rotatable bonds is 2. The fraction of sp³-hybridized carbons (Fsp3) is 0.368. The lowest BCUT2D eigenvalue weighted by atomic mass is 9.87. The molecular formula is C19H21NO. The molecule has 0 saturated carbocycles. The average Bonchev–Trinajstić information content (AvgIpc) is 2.87. The van der Waals surface area contributed by atoms with Crippen LogP contribution in [0, 0.1) is 0 Å². The number of hydrogen-bond donors (Lipinski definition) is 1. The van der Waals surface area contributed by atoms with Crippen LogP contribution in [0.25, 0.3) is 0 Å². The predicted octanol–water partition coefficient (Wildman–Crippen LogP) is 3.42. The fourth-order valence-electron chi connectivity index (χ4n) is 3.94. The molecular weight excluding hydrogens is 258 g/mol. The molecule has 0 radical (unpaired) electrons. The summed E-state index contributed by atoms with van der Waals surface area (Å²) < 4.78 is 6.41. The third-order valence-corrected chi connectivity index (χ3v) is 4.85. The van der Waals surface area contributed by atoms with Crippen LogP contribution in [-0.2, 0) is 11.2 Å². The molecule has 1 saturated heterocycles. The number of fused-ring (bicyclic) bond motifs is 5. The Morgan fingerprint density at radius 2 is 1.67 bits per heavy atom. The molecule has 0 unspecified atom stereocenters. The van der Waals surface area contributed by atoms with Gasteiger partial charge in [-0.2, -0.15) is 0 Å². The fourth-order valence-corrected chi connectivity index (χ4v) is 3.94. The molecule has 0 spiro atoms. The number of nitrogens with one attached hydrogen (secondary N) is 1. The summed E-state index contributed by atoms with van der Waals surface area (Å²) in [6.07, 6.45) is 2.66. The normalized spacial score (nSPS) is 26.6. The Morgan fingerprint density at radius 3 is 2.43 bits per heavy atom. The summed E-state index contributed by atoms with van der Waals surface area (Å²) in [5.41, 5.74) is 5.75. The van der Waals surface area contributed by atoms with Crippen LogP contribution >= 0.6 is 0 Å². The van der Waals surface area contributed by atoms with Crippen molar-refractivity contribution in [2.24, 2.45) is 0 Å². The van der Waals surface area contributed by atoms with Gasteiger partial charge in [-0.15, -0.1) is 0 Å². The zero-order valence-electron chi connectivity index (χ0n) is 12.4. The molecule has 4 rings (SSSR count). The van der Waals surface area contributed by atoms with Gasteiger partial charge in [0.15, 0.2) is 0 Å². The van der Waals surface area contributed by atoms with Crippen molar-refractivity contribution in [2.75, 3.05) is 13.6 Å². The van der Waals surface area contributed by atoms with E-state index in [1.165, 1.54) is 22.3 Å². The first kappa shape index (κ1) is 13.1. The lowest BCUT2D eigenvalue weighted by Crippen LogP contribution is -2.23. The summed E-state index contributed by atoms with van der Waals surface area (Å²) >= 11 is 0. The van der Waals surface area contributed by atoms with Crippen LogP contribution in [0.2, 0.25) is 0 Å². The number of likely N-dealkylation sites (N-methyl/N-ethyl adjacent to an activating group) is 1. The molecule has 1 aliphatic carbocycles. The summed E-state index contributed by atoms with van der Waals surface area (Å²) in [5, 5.41) is 3.26. The molecule has 2 heteroatoms. The van der Waals surface area contributed by atoms with E-state index in [2.05, 4.69) is 53.8 Å². The highest BCUT2D eigenvalue weighted by Gasteiger charge is 2.40. The Balaban J connectivity index is 1.83. The monoisotopic (exact) mass is 279 g/mol. The van der Waals surface area contributed by atoms with Crippen LogP contribution in [0.3, 0.4) is 0 Å². The molecule has 0 amide bonds. The van der Waals surface area contributed by atoms with Gasteiger partial charge < -0.3 is 10.1 Å². The van der Waals surface area contributed by atoms with E-state index in [9.17, 15) is 0 Å². The van der Waals surface area contributed by atoms with E-state index in [-0.39, 0.29) is 6.10 Å². The minimum absolute atomic E-state index is 0.211. The minimum atomic E-state index is 0.211. The van der Waals surface area contributed by atoms with Gasteiger partial charge in [-0.25, -0.2) is 0 Å². The van der Waals surface area contributed by atoms with Gasteiger partial charge in [0.05, 0.1) is 12.2 Å². The van der Waals surface area contributed by atoms with Crippen molar-refractivity contribution in [1.29, 1.82) is 0 Å². The summed E-state index contributed by atoms with van der Waals surface area (Å²) in [7, 11) is 2.00. The number of ether oxygens (including phenoxy) is 1. The van der Waals surface area contributed by atoms with Gasteiger partial charge in [-0.05, 0) is 42.1 Å². The summed E-state index contributed by atoms with van der Waals surface area (Å²) in [6.45, 7) is 0.928. The van der Waals surface area contributed by atoms with E-state index in [0.717, 1.165) is 19.4 Å². The quantitative estimate of drug-likeness (QED) is 0.909. The Kier molecular flexibility index (Phi) is 3.28. The topological polar surface area (TPSA) is 21.3 Å². The average molecular weight is 279 g/mol. The number of benzene rings is 2. The van der Waals surface area contributed by atoms with Crippen LogP contribution in [0.15, 0.2) is 48.5 Å². The summed E-state index contributed by atoms with van der Waals surface area (Å²) in [5.74, 6) is 0.489. The minimum Gasteiger partial charge on any atom is -0.368 e. The first-order valence-corrected chi connectivity index (χ1v) is 7.82. The van der Waals surface area contributed by atoms with Crippen LogP contribution in [0.4, 0.5) is 0 Å². The van der Waals surface area contributed by atoms with E-state index in [1.54, 1.807) is 0 Å². The molecule has 2 aromatic rings. The number of hydrogen-bond acceptors (Lipinski definition) is 2. The van der Waals surface area contributed by atoms with Crippen molar-refractivity contribution in [1.82, 2.24) is 5.32 Å². The van der Waals surface area contributed by atoms with Gasteiger partial charge in [-0.3, -0.25) is 0 Å². The van der Waals surface area contributed by atoms with Crippen molar-refractivity contribution in [3.8, 4) is 0 Å². The van der Waals surface area contributed by atoms with Crippen LogP contribution in [0.1, 0.15) is 40.7 Å². The largest absolute Gasteiger partial charge is 0.368 e. The van der Waals surface area contributed by atoms with Gasteiger partial charge in [0.1, 0.15) is 0 Å². The Bertz CT molecular complexity index is 598. The van der Waals surface area contributed by atoms with E-state index >= 15 is 0 Å². The lowest BCUT2D eigenvalue weighted by Gasteiger charge is -2.19. The molecule has 1 aliphatic heterocycles. The molecule has 1 heterocycles. The van der Waals surface area contributed by atoms with E-state index in [4.69, 9.17) is 4.74 Å². The van der Waals surface area contributed by atoms with Crippen molar-refractivity contribution in [3.05, 3.63) is 70.8 Å². The highest BCUT2D eigenvalue weighted by atomic mass is 16.5. The molecule has 2 aliphatic rings. The zero-order chi connectivity index (χ0) is 14.2. The second-order valence-corrected chi connectivity index (χ2v) is 6.15. The molecule has 0 bridgehead atoms. The van der Waals surface area contributed by atoms with Crippen LogP contribution < -0.4 is 5.32 Å². The molecule has 2 aromatic carbocycles. The third-order valence-electron chi connectivity index (χ3n) is 4.85. The predicted molar refractivity (Wildman–Crippen MR) is 84.6 cm³/mol. The van der Waals surface area contributed by atoms with Crippen molar-refractivity contribution < 1.29 is 4.74 Å². The first-order chi connectivity index (χ1) is 10.4. The second kappa shape index (κ2) is 5.28. The SMILES string of the molecule is CNC[C@@H]1C[C@@H]2c3ccccc3Cc3ccccc3[C@H]2O1. The van der Waals surface area contributed by atoms with Crippen molar-refractivity contribution in [3.63, 3.8) is 0 Å². The van der Waals surface area contributed by atoms with Gasteiger partial charge in [-0.1, -0.05) is 48.5 Å².